The molecule has 16 heavy (non-hydrogen) atoms. The van der Waals surface area contributed by atoms with Gasteiger partial charge in [0.2, 0.25) is 0 Å². The van der Waals surface area contributed by atoms with Crippen molar-refractivity contribution in [3.05, 3.63) is 39.3 Å². The van der Waals surface area contributed by atoms with Crippen LogP contribution in [-0.4, -0.2) is 13.5 Å². The van der Waals surface area contributed by atoms with E-state index < -0.39 is 11.6 Å². The molecule has 1 N–H and O–H groups in total. The van der Waals surface area contributed by atoms with Crippen molar-refractivity contribution >= 4 is 54.2 Å². The van der Waals surface area contributed by atoms with Gasteiger partial charge in [0.1, 0.15) is 5.75 Å². The number of halogens is 2. The van der Waals surface area contributed by atoms with E-state index in [1.165, 1.54) is 0 Å². The smallest absolute Gasteiger partial charge is 0.335 e. The molecule has 0 saturated heterocycles. The summed E-state index contributed by atoms with van der Waals surface area (Å²) in [5, 5.41) is 11.5. The van der Waals surface area contributed by atoms with Gasteiger partial charge in [0.05, 0.1) is 4.47 Å². The van der Waals surface area contributed by atoms with Gasteiger partial charge in [0.25, 0.3) is 0 Å². The third-order valence-electron chi connectivity index (χ3n) is 1.90. The molecule has 0 aromatic heterocycles. The third-order valence-corrected chi connectivity index (χ3v) is 3.22. The average Bonchev–Trinajstić information content (AvgIpc) is 2.25. The highest BCUT2D eigenvalue weighted by Gasteiger charge is 2.03. The fourth-order valence-electron chi connectivity index (χ4n) is 1.25. The van der Waals surface area contributed by atoms with E-state index in [2.05, 4.69) is 31.9 Å². The molecule has 0 spiro atoms. The van der Waals surface area contributed by atoms with Crippen LogP contribution in [0.3, 0.4) is 0 Å². The Bertz CT molecular complexity index is 551. The predicted octanol–water partition coefficient (Wildman–Crippen LogP) is 3.40. The van der Waals surface area contributed by atoms with Gasteiger partial charge in [-0.25, -0.2) is 0 Å². The van der Waals surface area contributed by atoms with Crippen LogP contribution in [0.4, 0.5) is 0 Å². The van der Waals surface area contributed by atoms with Crippen LogP contribution < -0.4 is 0 Å². The van der Waals surface area contributed by atoms with Crippen molar-refractivity contribution < 1.29 is 13.5 Å². The lowest BCUT2D eigenvalue weighted by Crippen LogP contribution is -1.75. The van der Waals surface area contributed by atoms with Crippen molar-refractivity contribution in [1.29, 1.82) is 0 Å². The SMILES string of the molecule is O=S=O.Oc1ccc2cc(Br)ccc2c1Br. The number of phenols is 1. The molecule has 0 unspecified atom stereocenters. The molecule has 2 aromatic carbocycles. The van der Waals surface area contributed by atoms with Crippen LogP contribution in [0.5, 0.6) is 5.75 Å². The normalized spacial score (nSPS) is 9.38. The first-order valence-electron chi connectivity index (χ1n) is 4.08. The Morgan fingerprint density at radius 2 is 1.69 bits per heavy atom. The molecule has 0 radical (unpaired) electrons. The molecule has 0 saturated carbocycles. The van der Waals surface area contributed by atoms with E-state index in [-0.39, 0.29) is 5.75 Å². The highest BCUT2D eigenvalue weighted by atomic mass is 79.9. The average molecular weight is 366 g/mol. The minimum atomic E-state index is -0.750. The molecule has 0 atom stereocenters. The second-order valence-electron chi connectivity index (χ2n) is 2.83. The lowest BCUT2D eigenvalue weighted by Gasteiger charge is -2.02. The van der Waals surface area contributed by atoms with E-state index in [9.17, 15) is 5.11 Å². The minimum absolute atomic E-state index is 0.273. The van der Waals surface area contributed by atoms with Gasteiger partial charge >= 0.3 is 11.6 Å². The second-order valence-corrected chi connectivity index (χ2v) is 4.68. The zero-order chi connectivity index (χ0) is 12.1. The summed E-state index contributed by atoms with van der Waals surface area (Å²) >= 11 is 5.99. The van der Waals surface area contributed by atoms with E-state index in [4.69, 9.17) is 8.42 Å². The molecular formula is C10H6Br2O3S. The summed E-state index contributed by atoms with van der Waals surface area (Å²) < 4.78 is 18.4. The van der Waals surface area contributed by atoms with Crippen molar-refractivity contribution in [2.45, 2.75) is 0 Å². The highest BCUT2D eigenvalue weighted by molar-refractivity contribution is 9.11. The summed E-state index contributed by atoms with van der Waals surface area (Å²) in [7, 11) is 0. The minimum Gasteiger partial charge on any atom is -0.507 e. The third kappa shape index (κ3) is 3.13. The molecule has 0 aliphatic heterocycles. The molecule has 0 aliphatic carbocycles. The highest BCUT2D eigenvalue weighted by Crippen LogP contribution is 2.33. The summed E-state index contributed by atoms with van der Waals surface area (Å²) in [5.74, 6) is 0.273. The van der Waals surface area contributed by atoms with Crippen LogP contribution >= 0.6 is 31.9 Å². The number of hydrogen-bond acceptors (Lipinski definition) is 3. The number of rotatable bonds is 0. The number of fused-ring (bicyclic) bond motifs is 1. The molecule has 2 aromatic rings. The Morgan fingerprint density at radius 3 is 2.31 bits per heavy atom. The standard InChI is InChI=1S/C10H6Br2O.O2S/c11-7-2-3-8-6(5-7)1-4-9(13)10(8)12;1-3-2/h1-5,13H;. The molecule has 3 nitrogen and oxygen atoms in total. The number of phenolic OH excluding ortho intramolecular Hbond substituents is 1. The van der Waals surface area contributed by atoms with E-state index in [0.29, 0.717) is 0 Å². The van der Waals surface area contributed by atoms with Crippen LogP contribution in [0, 0.1) is 0 Å². The monoisotopic (exact) mass is 364 g/mol. The Hall–Kier alpha value is -0.720. The molecule has 0 aliphatic rings. The van der Waals surface area contributed by atoms with Gasteiger partial charge in [0, 0.05) is 4.47 Å². The molecule has 84 valence electrons. The van der Waals surface area contributed by atoms with E-state index >= 15 is 0 Å². The molecule has 6 heteroatoms. The fraction of sp³-hybridized carbons (Fsp3) is 0. The van der Waals surface area contributed by atoms with Crippen LogP contribution in [0.25, 0.3) is 10.8 Å². The topological polar surface area (TPSA) is 54.4 Å². The lowest BCUT2D eigenvalue weighted by molar-refractivity contribution is 0.473. The van der Waals surface area contributed by atoms with Crippen LogP contribution in [0.2, 0.25) is 0 Å². The predicted molar refractivity (Wildman–Crippen MR) is 69.9 cm³/mol. The molecule has 0 bridgehead atoms. The summed E-state index contributed by atoms with van der Waals surface area (Å²) in [6.07, 6.45) is 0. The van der Waals surface area contributed by atoms with Gasteiger partial charge in [-0.2, -0.15) is 8.42 Å². The van der Waals surface area contributed by atoms with Gasteiger partial charge in [-0.3, -0.25) is 0 Å². The number of aromatic hydroxyl groups is 1. The van der Waals surface area contributed by atoms with Crippen molar-refractivity contribution in [1.82, 2.24) is 0 Å². The van der Waals surface area contributed by atoms with E-state index in [1.54, 1.807) is 6.07 Å². The molecular weight excluding hydrogens is 360 g/mol. The van der Waals surface area contributed by atoms with Gasteiger partial charge in [0.15, 0.2) is 0 Å². The first-order chi connectivity index (χ1) is 7.60. The van der Waals surface area contributed by atoms with Crippen molar-refractivity contribution in [2.75, 3.05) is 0 Å². The van der Waals surface area contributed by atoms with Crippen LogP contribution in [-0.2, 0) is 11.6 Å². The maximum atomic E-state index is 9.43. The van der Waals surface area contributed by atoms with Gasteiger partial charge < -0.3 is 5.11 Å². The largest absolute Gasteiger partial charge is 0.507 e. The maximum absolute atomic E-state index is 9.43. The summed E-state index contributed by atoms with van der Waals surface area (Å²) in [6, 6.07) is 9.49. The second kappa shape index (κ2) is 6.12. The Balaban J connectivity index is 0.000000386. The summed E-state index contributed by atoms with van der Waals surface area (Å²) in [5.41, 5.74) is 0. The van der Waals surface area contributed by atoms with Crippen LogP contribution in [0.1, 0.15) is 0 Å². The Morgan fingerprint density at radius 1 is 1.06 bits per heavy atom. The van der Waals surface area contributed by atoms with Gasteiger partial charge in [-0.05, 0) is 44.9 Å². The Kier molecular flexibility index (Phi) is 5.11. The quantitative estimate of drug-likeness (QED) is 0.778. The molecule has 2 rings (SSSR count). The zero-order valence-electron chi connectivity index (χ0n) is 7.81. The van der Waals surface area contributed by atoms with E-state index in [1.807, 2.05) is 24.3 Å². The first-order valence-corrected chi connectivity index (χ1v) is 6.34. The summed E-state index contributed by atoms with van der Waals surface area (Å²) in [6.45, 7) is 0. The fourth-order valence-corrected chi connectivity index (χ4v) is 2.12. The Labute approximate surface area is 112 Å². The van der Waals surface area contributed by atoms with Crippen LogP contribution in [0.15, 0.2) is 39.3 Å². The lowest BCUT2D eigenvalue weighted by atomic mass is 10.1. The zero-order valence-corrected chi connectivity index (χ0v) is 11.8. The van der Waals surface area contributed by atoms with Crippen molar-refractivity contribution in [2.24, 2.45) is 0 Å². The number of benzene rings is 2. The molecule has 0 amide bonds. The summed E-state index contributed by atoms with van der Waals surface area (Å²) in [4.78, 5) is 0. The molecule has 0 heterocycles. The van der Waals surface area contributed by atoms with E-state index in [0.717, 1.165) is 19.7 Å². The maximum Gasteiger partial charge on any atom is 0.335 e. The first kappa shape index (κ1) is 13.3. The number of hydrogen-bond donors (Lipinski definition) is 1. The van der Waals surface area contributed by atoms with Crippen molar-refractivity contribution in [3.8, 4) is 5.75 Å². The molecule has 0 fully saturated rings. The van der Waals surface area contributed by atoms with Gasteiger partial charge in [-0.15, -0.1) is 0 Å². The van der Waals surface area contributed by atoms with Gasteiger partial charge in [-0.1, -0.05) is 28.1 Å². The van der Waals surface area contributed by atoms with Crippen molar-refractivity contribution in [3.63, 3.8) is 0 Å².